The number of hydrogen-bond donors (Lipinski definition) is 1. The Morgan fingerprint density at radius 2 is 1.78 bits per heavy atom. The third kappa shape index (κ3) is 5.48. The lowest BCUT2D eigenvalue weighted by Gasteiger charge is -2.23. The molecule has 0 aliphatic rings. The van der Waals surface area contributed by atoms with E-state index in [-0.39, 0.29) is 18.0 Å². The number of aromatic nitrogens is 3. The van der Waals surface area contributed by atoms with Crippen LogP contribution in [0.25, 0.3) is 33.4 Å². The van der Waals surface area contributed by atoms with E-state index in [2.05, 4.69) is 29.4 Å². The number of rotatable bonds is 6. The first-order chi connectivity index (χ1) is 17.0. The molecule has 0 aliphatic heterocycles. The van der Waals surface area contributed by atoms with Crippen molar-refractivity contribution in [2.75, 3.05) is 0 Å². The fraction of sp³-hybridized carbons (Fsp3) is 0.357. The predicted octanol–water partition coefficient (Wildman–Crippen LogP) is 5.71. The minimum Gasteiger partial charge on any atom is -0.444 e. The van der Waals surface area contributed by atoms with Crippen molar-refractivity contribution in [2.24, 2.45) is 5.92 Å². The zero-order chi connectivity index (χ0) is 26.0. The van der Waals surface area contributed by atoms with Gasteiger partial charge < -0.3 is 19.0 Å². The highest BCUT2D eigenvalue weighted by atomic mass is 16.6. The van der Waals surface area contributed by atoms with Gasteiger partial charge in [0.2, 0.25) is 11.8 Å². The standard InChI is InChI=1S/C28H32N4O4/c1-17(2)16-32-23(15-29-27(34)36-28(4,5)6)24(19-10-8-7-9-11-19)22-14-20(12-13-21(22)26(32)33)25-31-30-18(3)35-25/h7-14,17H,15-16H2,1-6H3,(H,29,34). The molecule has 8 heteroatoms. The number of nitrogens with one attached hydrogen (secondary N) is 1. The van der Waals surface area contributed by atoms with Crippen molar-refractivity contribution in [3.05, 3.63) is 70.5 Å². The fourth-order valence-corrected chi connectivity index (χ4v) is 4.18. The minimum absolute atomic E-state index is 0.118. The second-order valence-corrected chi connectivity index (χ2v) is 10.2. The van der Waals surface area contributed by atoms with Gasteiger partial charge in [-0.25, -0.2) is 4.79 Å². The molecule has 0 saturated heterocycles. The third-order valence-corrected chi connectivity index (χ3v) is 5.56. The number of benzene rings is 2. The summed E-state index contributed by atoms with van der Waals surface area (Å²) >= 11 is 0. The maximum absolute atomic E-state index is 13.8. The maximum atomic E-state index is 13.8. The first-order valence-corrected chi connectivity index (χ1v) is 12.1. The van der Waals surface area contributed by atoms with E-state index in [0.717, 1.165) is 16.5 Å². The molecule has 2 heterocycles. The minimum atomic E-state index is -0.634. The molecule has 1 amide bonds. The third-order valence-electron chi connectivity index (χ3n) is 5.56. The number of pyridine rings is 1. The fourth-order valence-electron chi connectivity index (χ4n) is 4.18. The Hall–Kier alpha value is -3.94. The highest BCUT2D eigenvalue weighted by molar-refractivity contribution is 5.99. The number of aryl methyl sites for hydroxylation is 1. The summed E-state index contributed by atoms with van der Waals surface area (Å²) in [6.45, 7) is 11.9. The molecule has 188 valence electrons. The van der Waals surface area contributed by atoms with Gasteiger partial charge in [0.15, 0.2) is 0 Å². The molecule has 0 spiro atoms. The number of hydrogen-bond acceptors (Lipinski definition) is 6. The lowest BCUT2D eigenvalue weighted by atomic mass is 9.95. The molecule has 0 unspecified atom stereocenters. The number of carbonyl (C=O) groups excluding carboxylic acids is 1. The van der Waals surface area contributed by atoms with E-state index < -0.39 is 11.7 Å². The van der Waals surface area contributed by atoms with Crippen LogP contribution in [0.3, 0.4) is 0 Å². The van der Waals surface area contributed by atoms with Crippen molar-refractivity contribution >= 4 is 16.9 Å². The highest BCUT2D eigenvalue weighted by Gasteiger charge is 2.22. The Balaban J connectivity index is 1.97. The van der Waals surface area contributed by atoms with Gasteiger partial charge >= 0.3 is 6.09 Å². The molecule has 4 rings (SSSR count). The first-order valence-electron chi connectivity index (χ1n) is 12.1. The molecule has 0 saturated carbocycles. The number of ether oxygens (including phenoxy) is 1. The van der Waals surface area contributed by atoms with Crippen LogP contribution in [-0.2, 0) is 17.8 Å². The second kappa shape index (κ2) is 9.97. The van der Waals surface area contributed by atoms with Gasteiger partial charge in [-0.3, -0.25) is 4.79 Å². The Morgan fingerprint density at radius 3 is 2.39 bits per heavy atom. The van der Waals surface area contributed by atoms with Gasteiger partial charge in [-0.15, -0.1) is 10.2 Å². The molecule has 36 heavy (non-hydrogen) atoms. The molecule has 8 nitrogen and oxygen atoms in total. The predicted molar refractivity (Wildman–Crippen MR) is 140 cm³/mol. The van der Waals surface area contributed by atoms with Crippen LogP contribution in [0.15, 0.2) is 57.7 Å². The molecule has 0 bridgehead atoms. The molecule has 2 aromatic heterocycles. The molecule has 1 N–H and O–H groups in total. The van der Waals surface area contributed by atoms with Gasteiger partial charge in [-0.05, 0) is 55.8 Å². The summed E-state index contributed by atoms with van der Waals surface area (Å²) in [4.78, 5) is 26.3. The smallest absolute Gasteiger partial charge is 0.407 e. The summed E-state index contributed by atoms with van der Waals surface area (Å²) in [7, 11) is 0. The van der Waals surface area contributed by atoms with Gasteiger partial charge in [0.25, 0.3) is 5.56 Å². The molecular weight excluding hydrogens is 456 g/mol. The van der Waals surface area contributed by atoms with Crippen molar-refractivity contribution in [3.63, 3.8) is 0 Å². The summed E-state index contributed by atoms with van der Waals surface area (Å²) in [6, 6.07) is 15.4. The van der Waals surface area contributed by atoms with Crippen molar-refractivity contribution in [2.45, 2.75) is 60.2 Å². The highest BCUT2D eigenvalue weighted by Crippen LogP contribution is 2.34. The normalized spacial score (nSPS) is 11.8. The lowest BCUT2D eigenvalue weighted by Crippen LogP contribution is -2.35. The quantitative estimate of drug-likeness (QED) is 0.373. The molecule has 4 aromatic rings. The molecule has 0 fully saturated rings. The number of alkyl carbamates (subject to hydrolysis) is 1. The van der Waals surface area contributed by atoms with Crippen LogP contribution < -0.4 is 10.9 Å². The SMILES string of the molecule is Cc1nnc(-c2ccc3c(=O)n(CC(C)C)c(CNC(=O)OC(C)(C)C)c(-c4ccccc4)c3c2)o1. The molecule has 0 aliphatic carbocycles. The van der Waals surface area contributed by atoms with Crippen molar-refractivity contribution in [3.8, 4) is 22.6 Å². The molecular formula is C28H32N4O4. The summed E-state index contributed by atoms with van der Waals surface area (Å²) in [5.74, 6) is 1.06. The molecule has 0 atom stereocenters. The van der Waals surface area contributed by atoms with Crippen molar-refractivity contribution in [1.82, 2.24) is 20.1 Å². The number of nitrogens with zero attached hydrogens (tertiary/aromatic N) is 3. The van der Waals surface area contributed by atoms with Crippen LogP contribution in [0, 0.1) is 12.8 Å². The average molecular weight is 489 g/mol. The Labute approximate surface area is 210 Å². The molecule has 2 aromatic carbocycles. The van der Waals surface area contributed by atoms with E-state index in [1.165, 1.54) is 0 Å². The number of amides is 1. The Bertz CT molecular complexity index is 1450. The lowest BCUT2D eigenvalue weighted by molar-refractivity contribution is 0.0522. The van der Waals surface area contributed by atoms with Gasteiger partial charge in [0.1, 0.15) is 5.60 Å². The maximum Gasteiger partial charge on any atom is 0.407 e. The topological polar surface area (TPSA) is 99.2 Å². The number of carbonyl (C=O) groups is 1. The van der Waals surface area contributed by atoms with Crippen LogP contribution in [0.2, 0.25) is 0 Å². The Morgan fingerprint density at radius 1 is 1.06 bits per heavy atom. The van der Waals surface area contributed by atoms with Crippen LogP contribution in [-0.4, -0.2) is 26.5 Å². The van der Waals surface area contributed by atoms with E-state index in [4.69, 9.17) is 9.15 Å². The summed E-state index contributed by atoms with van der Waals surface area (Å²) < 4.78 is 12.9. The zero-order valence-electron chi connectivity index (χ0n) is 21.6. The van der Waals surface area contributed by atoms with E-state index in [1.807, 2.05) is 63.2 Å². The summed E-state index contributed by atoms with van der Waals surface area (Å²) in [5, 5.41) is 12.3. The van der Waals surface area contributed by atoms with E-state index in [0.29, 0.717) is 35.0 Å². The largest absolute Gasteiger partial charge is 0.444 e. The van der Waals surface area contributed by atoms with Gasteiger partial charge in [0.05, 0.1) is 6.54 Å². The van der Waals surface area contributed by atoms with Crippen LogP contribution in [0.1, 0.15) is 46.2 Å². The van der Waals surface area contributed by atoms with Gasteiger partial charge in [0, 0.05) is 35.7 Å². The molecule has 0 radical (unpaired) electrons. The van der Waals surface area contributed by atoms with Gasteiger partial charge in [-0.1, -0.05) is 44.2 Å². The van der Waals surface area contributed by atoms with Gasteiger partial charge in [-0.2, -0.15) is 0 Å². The van der Waals surface area contributed by atoms with E-state index in [9.17, 15) is 9.59 Å². The monoisotopic (exact) mass is 488 g/mol. The van der Waals surface area contributed by atoms with E-state index in [1.54, 1.807) is 17.6 Å². The van der Waals surface area contributed by atoms with Crippen LogP contribution in [0.5, 0.6) is 0 Å². The van der Waals surface area contributed by atoms with Crippen LogP contribution in [0.4, 0.5) is 4.79 Å². The second-order valence-electron chi connectivity index (χ2n) is 10.2. The zero-order valence-corrected chi connectivity index (χ0v) is 21.6. The average Bonchev–Trinajstić information content (AvgIpc) is 3.25. The number of fused-ring (bicyclic) bond motifs is 1. The first kappa shape index (κ1) is 25.2. The van der Waals surface area contributed by atoms with Crippen molar-refractivity contribution in [1.29, 1.82) is 0 Å². The summed E-state index contributed by atoms with van der Waals surface area (Å²) in [5.41, 5.74) is 2.46. The van der Waals surface area contributed by atoms with Crippen LogP contribution >= 0.6 is 0 Å². The summed E-state index contributed by atoms with van der Waals surface area (Å²) in [6.07, 6.45) is -0.541. The van der Waals surface area contributed by atoms with Crippen molar-refractivity contribution < 1.29 is 13.9 Å². The Kier molecular flexibility index (Phi) is 6.97. The van der Waals surface area contributed by atoms with E-state index >= 15 is 0 Å².